The lowest BCUT2D eigenvalue weighted by Gasteiger charge is -2.19. The molecule has 7 heteroatoms. The van der Waals surface area contributed by atoms with E-state index in [0.717, 1.165) is 23.8 Å². The molecule has 0 spiro atoms. The summed E-state index contributed by atoms with van der Waals surface area (Å²) in [4.78, 5) is 10.7. The molecule has 2 aromatic rings. The third-order valence-electron chi connectivity index (χ3n) is 3.60. The highest BCUT2D eigenvalue weighted by molar-refractivity contribution is 7.92. The number of sulfonamides is 1. The zero-order chi connectivity index (χ0) is 15.9. The summed E-state index contributed by atoms with van der Waals surface area (Å²) in [5.41, 5.74) is 0.823. The van der Waals surface area contributed by atoms with Crippen molar-refractivity contribution in [2.75, 3.05) is 10.8 Å². The number of para-hydroxylation sites is 1. The Morgan fingerprint density at radius 3 is 2.64 bits per heavy atom. The predicted molar refractivity (Wildman–Crippen MR) is 78.0 cm³/mol. The van der Waals surface area contributed by atoms with Gasteiger partial charge in [-0.1, -0.05) is 18.2 Å². The van der Waals surface area contributed by atoms with Crippen molar-refractivity contribution in [3.8, 4) is 0 Å². The van der Waals surface area contributed by atoms with E-state index in [4.69, 9.17) is 5.11 Å². The molecular weight excluding hydrogens is 309 g/mol. The number of carbonyl (C=O) groups is 1. The molecule has 0 amide bonds. The summed E-state index contributed by atoms with van der Waals surface area (Å²) in [6.45, 7) is 0.279. The van der Waals surface area contributed by atoms with Crippen LogP contribution < -0.4 is 4.31 Å². The normalized spacial score (nSPS) is 14.0. The maximum absolute atomic E-state index is 13.4. The van der Waals surface area contributed by atoms with Gasteiger partial charge in [0.05, 0.1) is 16.1 Å². The van der Waals surface area contributed by atoms with Gasteiger partial charge in [0, 0.05) is 6.54 Å². The molecule has 22 heavy (non-hydrogen) atoms. The van der Waals surface area contributed by atoms with Gasteiger partial charge in [-0.15, -0.1) is 0 Å². The second-order valence-electron chi connectivity index (χ2n) is 4.90. The monoisotopic (exact) mass is 321 g/mol. The average molecular weight is 321 g/mol. The first-order valence-corrected chi connectivity index (χ1v) is 7.99. The van der Waals surface area contributed by atoms with Crippen LogP contribution in [0.2, 0.25) is 0 Å². The zero-order valence-corrected chi connectivity index (χ0v) is 12.2. The molecule has 1 aliphatic rings. The van der Waals surface area contributed by atoms with Crippen LogP contribution in [0.4, 0.5) is 10.1 Å². The number of hydrogen-bond donors (Lipinski definition) is 1. The fraction of sp³-hybridized carbons (Fsp3) is 0.133. The molecule has 1 heterocycles. The Labute approximate surface area is 126 Å². The molecule has 0 atom stereocenters. The molecular formula is C15H12FNO4S. The van der Waals surface area contributed by atoms with Crippen LogP contribution in [-0.4, -0.2) is 26.0 Å². The van der Waals surface area contributed by atoms with Crippen LogP contribution in [0.25, 0.3) is 0 Å². The number of aromatic carboxylic acids is 1. The van der Waals surface area contributed by atoms with E-state index in [1.807, 2.05) is 12.1 Å². The molecule has 0 saturated carbocycles. The quantitative estimate of drug-likeness (QED) is 0.941. The molecule has 1 aliphatic heterocycles. The lowest BCUT2D eigenvalue weighted by Crippen LogP contribution is -2.29. The first-order valence-electron chi connectivity index (χ1n) is 6.55. The maximum Gasteiger partial charge on any atom is 0.338 e. The van der Waals surface area contributed by atoms with Crippen LogP contribution in [-0.2, 0) is 16.4 Å². The molecule has 3 rings (SSSR count). The van der Waals surface area contributed by atoms with Crippen molar-refractivity contribution in [2.45, 2.75) is 11.3 Å². The number of benzene rings is 2. The molecule has 2 aromatic carbocycles. The highest BCUT2D eigenvalue weighted by atomic mass is 32.2. The van der Waals surface area contributed by atoms with Gasteiger partial charge in [-0.3, -0.25) is 4.31 Å². The third kappa shape index (κ3) is 2.23. The highest BCUT2D eigenvalue weighted by Crippen LogP contribution is 2.32. The number of hydrogen-bond acceptors (Lipinski definition) is 3. The molecule has 1 N–H and O–H groups in total. The van der Waals surface area contributed by atoms with Gasteiger partial charge in [-0.2, -0.15) is 0 Å². The molecule has 0 bridgehead atoms. The number of carboxylic acids is 1. The Hall–Kier alpha value is -2.41. The fourth-order valence-corrected chi connectivity index (χ4v) is 4.04. The zero-order valence-electron chi connectivity index (χ0n) is 11.4. The van der Waals surface area contributed by atoms with Crippen LogP contribution in [0.15, 0.2) is 47.4 Å². The van der Waals surface area contributed by atoms with E-state index >= 15 is 0 Å². The molecule has 0 saturated heterocycles. The summed E-state index contributed by atoms with van der Waals surface area (Å²) in [6.07, 6.45) is 0.586. The molecule has 0 fully saturated rings. The van der Waals surface area contributed by atoms with Gasteiger partial charge in [-0.25, -0.2) is 17.6 Å². The summed E-state index contributed by atoms with van der Waals surface area (Å²) in [5, 5.41) is 8.93. The average Bonchev–Trinajstić information content (AvgIpc) is 2.91. The molecule has 0 aliphatic carbocycles. The molecule has 114 valence electrons. The van der Waals surface area contributed by atoms with Crippen molar-refractivity contribution >= 4 is 21.7 Å². The number of carboxylic acid groups (broad SMARTS) is 1. The number of nitrogens with zero attached hydrogens (tertiary/aromatic N) is 1. The summed E-state index contributed by atoms with van der Waals surface area (Å²) < 4.78 is 40.0. The second kappa shape index (κ2) is 5.10. The van der Waals surface area contributed by atoms with E-state index in [9.17, 15) is 17.6 Å². The number of rotatable bonds is 3. The van der Waals surface area contributed by atoms with E-state index in [-0.39, 0.29) is 11.4 Å². The molecule has 0 aromatic heterocycles. The minimum Gasteiger partial charge on any atom is -0.478 e. The van der Waals surface area contributed by atoms with E-state index in [2.05, 4.69) is 0 Å². The van der Waals surface area contributed by atoms with E-state index in [1.54, 1.807) is 12.1 Å². The smallest absolute Gasteiger partial charge is 0.338 e. The van der Waals surface area contributed by atoms with Gasteiger partial charge in [0.2, 0.25) is 0 Å². The van der Waals surface area contributed by atoms with E-state index in [0.29, 0.717) is 12.1 Å². The highest BCUT2D eigenvalue weighted by Gasteiger charge is 2.31. The van der Waals surface area contributed by atoms with Crippen LogP contribution in [0, 0.1) is 5.82 Å². The third-order valence-corrected chi connectivity index (χ3v) is 5.41. The number of fused-ring (bicyclic) bond motifs is 1. The van der Waals surface area contributed by atoms with E-state index in [1.165, 1.54) is 4.31 Å². The summed E-state index contributed by atoms with van der Waals surface area (Å²) in [7, 11) is -3.92. The summed E-state index contributed by atoms with van der Waals surface area (Å²) in [5.74, 6) is -2.47. The molecule has 0 radical (unpaired) electrons. The van der Waals surface area contributed by atoms with Gasteiger partial charge in [0.1, 0.15) is 5.82 Å². The fourth-order valence-electron chi connectivity index (χ4n) is 2.51. The van der Waals surface area contributed by atoms with Crippen molar-refractivity contribution in [1.82, 2.24) is 0 Å². The van der Waals surface area contributed by atoms with E-state index < -0.39 is 27.4 Å². The Balaban J connectivity index is 2.09. The van der Waals surface area contributed by atoms with Crippen LogP contribution in [0.5, 0.6) is 0 Å². The van der Waals surface area contributed by atoms with Crippen molar-refractivity contribution in [3.05, 3.63) is 59.4 Å². The van der Waals surface area contributed by atoms with Gasteiger partial charge < -0.3 is 5.11 Å². The lowest BCUT2D eigenvalue weighted by atomic mass is 10.2. The topological polar surface area (TPSA) is 74.7 Å². The Morgan fingerprint density at radius 1 is 1.18 bits per heavy atom. The SMILES string of the molecule is O=C(O)c1cc(S(=O)(=O)N2CCc3ccccc32)ccc1F. The summed E-state index contributed by atoms with van der Waals surface area (Å²) >= 11 is 0. The van der Waals surface area contributed by atoms with Crippen LogP contribution >= 0.6 is 0 Å². The number of anilines is 1. The minimum absolute atomic E-state index is 0.233. The maximum atomic E-state index is 13.4. The van der Waals surface area contributed by atoms with Crippen molar-refractivity contribution in [1.29, 1.82) is 0 Å². The Bertz CT molecular complexity index is 864. The first kappa shape index (κ1) is 14.5. The van der Waals surface area contributed by atoms with Gasteiger partial charge in [0.25, 0.3) is 10.0 Å². The Morgan fingerprint density at radius 2 is 1.91 bits per heavy atom. The minimum atomic E-state index is -3.92. The van der Waals surface area contributed by atoms with Crippen LogP contribution in [0.3, 0.4) is 0 Å². The second-order valence-corrected chi connectivity index (χ2v) is 6.77. The largest absolute Gasteiger partial charge is 0.478 e. The number of halogens is 1. The van der Waals surface area contributed by atoms with Crippen molar-refractivity contribution in [2.24, 2.45) is 0 Å². The molecule has 0 unspecified atom stereocenters. The van der Waals surface area contributed by atoms with Crippen LogP contribution in [0.1, 0.15) is 15.9 Å². The Kier molecular flexibility index (Phi) is 3.37. The van der Waals surface area contributed by atoms with Gasteiger partial charge >= 0.3 is 5.97 Å². The first-order chi connectivity index (χ1) is 10.4. The molecule has 5 nitrogen and oxygen atoms in total. The standard InChI is InChI=1S/C15H12FNO4S/c16-13-6-5-11(9-12(13)15(18)19)22(20,21)17-8-7-10-3-1-2-4-14(10)17/h1-6,9H,7-8H2,(H,18,19). The van der Waals surface area contributed by atoms with Crippen molar-refractivity contribution in [3.63, 3.8) is 0 Å². The van der Waals surface area contributed by atoms with Gasteiger partial charge in [-0.05, 0) is 36.2 Å². The predicted octanol–water partition coefficient (Wildman–Crippen LogP) is 2.28. The van der Waals surface area contributed by atoms with Gasteiger partial charge in [0.15, 0.2) is 0 Å². The van der Waals surface area contributed by atoms with Crippen molar-refractivity contribution < 1.29 is 22.7 Å². The lowest BCUT2D eigenvalue weighted by molar-refractivity contribution is 0.0691. The summed E-state index contributed by atoms with van der Waals surface area (Å²) in [6, 6.07) is 9.90.